The second kappa shape index (κ2) is 4.88. The Morgan fingerprint density at radius 1 is 1.25 bits per heavy atom. The number of ketones is 1. The molecule has 2 aromatic rings. The van der Waals surface area contributed by atoms with Gasteiger partial charge in [-0.25, -0.2) is 0 Å². The Morgan fingerprint density at radius 3 is 2.65 bits per heavy atom. The molecule has 2 unspecified atom stereocenters. The molecule has 0 N–H and O–H groups in total. The molecule has 0 radical (unpaired) electrons. The van der Waals surface area contributed by atoms with Gasteiger partial charge in [-0.15, -0.1) is 0 Å². The fourth-order valence-electron chi connectivity index (χ4n) is 2.70. The molecule has 0 bridgehead atoms. The van der Waals surface area contributed by atoms with Crippen LogP contribution in [0.3, 0.4) is 0 Å². The topological polar surface area (TPSA) is 26.3 Å². The van der Waals surface area contributed by atoms with Crippen LogP contribution >= 0.6 is 15.9 Å². The highest BCUT2D eigenvalue weighted by Gasteiger charge is 2.51. The third-order valence-electron chi connectivity index (χ3n) is 4.50. The quantitative estimate of drug-likeness (QED) is 0.811. The molecule has 0 aromatic heterocycles. The summed E-state index contributed by atoms with van der Waals surface area (Å²) in [5.41, 5.74) is -0.311. The Labute approximate surface area is 127 Å². The van der Waals surface area contributed by atoms with Crippen molar-refractivity contribution in [3.05, 3.63) is 40.9 Å². The summed E-state index contributed by atoms with van der Waals surface area (Å²) in [6.07, 6.45) is 1.37. The Hall–Kier alpha value is -1.35. The van der Waals surface area contributed by atoms with Crippen molar-refractivity contribution < 1.29 is 9.53 Å². The average Bonchev–Trinajstić information content (AvgIpc) is 2.46. The number of rotatable bonds is 3. The van der Waals surface area contributed by atoms with Gasteiger partial charge >= 0.3 is 0 Å². The minimum absolute atomic E-state index is 0.00731. The lowest BCUT2D eigenvalue weighted by molar-refractivity contribution is -0.150. The first-order valence-corrected chi connectivity index (χ1v) is 7.71. The van der Waals surface area contributed by atoms with E-state index in [2.05, 4.69) is 34.1 Å². The van der Waals surface area contributed by atoms with E-state index in [4.69, 9.17) is 4.74 Å². The van der Waals surface area contributed by atoms with E-state index in [-0.39, 0.29) is 11.5 Å². The first-order valence-electron chi connectivity index (χ1n) is 6.92. The SMILES string of the molecule is CCC1(C)C(=O)CC1Oc1ccc2cc(Br)ccc2c1. The molecule has 104 valence electrons. The Bertz CT molecular complexity index is 680. The fourth-order valence-corrected chi connectivity index (χ4v) is 3.08. The average molecular weight is 333 g/mol. The van der Waals surface area contributed by atoms with Crippen LogP contribution in [0.5, 0.6) is 5.75 Å². The van der Waals surface area contributed by atoms with Crippen LogP contribution in [0.25, 0.3) is 10.8 Å². The third-order valence-corrected chi connectivity index (χ3v) is 5.00. The first-order chi connectivity index (χ1) is 9.53. The molecule has 1 fully saturated rings. The van der Waals surface area contributed by atoms with Crippen molar-refractivity contribution in [2.75, 3.05) is 0 Å². The number of hydrogen-bond acceptors (Lipinski definition) is 2. The van der Waals surface area contributed by atoms with Gasteiger partial charge in [0.2, 0.25) is 0 Å². The number of hydrogen-bond donors (Lipinski definition) is 0. The summed E-state index contributed by atoms with van der Waals surface area (Å²) in [6, 6.07) is 12.3. The van der Waals surface area contributed by atoms with E-state index in [0.717, 1.165) is 22.0 Å². The van der Waals surface area contributed by atoms with Gasteiger partial charge in [0, 0.05) is 10.9 Å². The van der Waals surface area contributed by atoms with Crippen molar-refractivity contribution in [3.63, 3.8) is 0 Å². The summed E-state index contributed by atoms with van der Waals surface area (Å²) in [5, 5.41) is 2.32. The molecule has 2 atom stereocenters. The molecule has 0 amide bonds. The molecule has 2 aromatic carbocycles. The number of carbonyl (C=O) groups is 1. The van der Waals surface area contributed by atoms with Crippen LogP contribution in [0.4, 0.5) is 0 Å². The molecule has 0 heterocycles. The third kappa shape index (κ3) is 2.14. The molecule has 0 saturated heterocycles. The number of Topliss-reactive ketones (excluding diaryl/α,β-unsaturated/α-hetero) is 1. The van der Waals surface area contributed by atoms with Crippen molar-refractivity contribution in [2.24, 2.45) is 5.41 Å². The van der Waals surface area contributed by atoms with E-state index in [1.54, 1.807) is 0 Å². The van der Waals surface area contributed by atoms with Crippen molar-refractivity contribution in [1.82, 2.24) is 0 Å². The Morgan fingerprint density at radius 2 is 1.95 bits per heavy atom. The zero-order chi connectivity index (χ0) is 14.3. The van der Waals surface area contributed by atoms with Gasteiger partial charge in [0.1, 0.15) is 17.6 Å². The molecule has 1 aliphatic carbocycles. The fraction of sp³-hybridized carbons (Fsp3) is 0.353. The monoisotopic (exact) mass is 332 g/mol. The van der Waals surface area contributed by atoms with E-state index < -0.39 is 0 Å². The maximum absolute atomic E-state index is 11.7. The van der Waals surface area contributed by atoms with Crippen molar-refractivity contribution >= 4 is 32.5 Å². The van der Waals surface area contributed by atoms with Gasteiger partial charge in [0.15, 0.2) is 0 Å². The van der Waals surface area contributed by atoms with E-state index >= 15 is 0 Å². The van der Waals surface area contributed by atoms with Gasteiger partial charge in [-0.2, -0.15) is 0 Å². The lowest BCUT2D eigenvalue weighted by atomic mass is 9.64. The first kappa shape index (κ1) is 13.6. The van der Waals surface area contributed by atoms with Crippen LogP contribution in [-0.4, -0.2) is 11.9 Å². The zero-order valence-electron chi connectivity index (χ0n) is 11.7. The minimum atomic E-state index is -0.311. The number of benzene rings is 2. The highest BCUT2D eigenvalue weighted by Crippen LogP contribution is 2.42. The largest absolute Gasteiger partial charge is 0.489 e. The maximum atomic E-state index is 11.7. The lowest BCUT2D eigenvalue weighted by Gasteiger charge is -2.44. The van der Waals surface area contributed by atoms with E-state index in [1.165, 1.54) is 5.39 Å². The predicted molar refractivity (Wildman–Crippen MR) is 84.1 cm³/mol. The van der Waals surface area contributed by atoms with Crippen molar-refractivity contribution in [2.45, 2.75) is 32.8 Å². The molecular formula is C17H17BrO2. The Kier molecular flexibility index (Phi) is 3.33. The molecule has 3 rings (SSSR count). The summed E-state index contributed by atoms with van der Waals surface area (Å²) < 4.78 is 7.10. The minimum Gasteiger partial charge on any atom is -0.489 e. The van der Waals surface area contributed by atoms with Crippen LogP contribution in [0.1, 0.15) is 26.7 Å². The van der Waals surface area contributed by atoms with Crippen LogP contribution < -0.4 is 4.74 Å². The second-order valence-electron chi connectivity index (χ2n) is 5.66. The van der Waals surface area contributed by atoms with Crippen LogP contribution in [0.15, 0.2) is 40.9 Å². The van der Waals surface area contributed by atoms with Gasteiger partial charge < -0.3 is 4.74 Å². The molecule has 0 aliphatic heterocycles. The van der Waals surface area contributed by atoms with E-state index in [0.29, 0.717) is 12.2 Å². The predicted octanol–water partition coefficient (Wildman–Crippen LogP) is 4.74. The van der Waals surface area contributed by atoms with Gasteiger partial charge in [-0.3, -0.25) is 4.79 Å². The molecular weight excluding hydrogens is 316 g/mol. The molecule has 0 spiro atoms. The zero-order valence-corrected chi connectivity index (χ0v) is 13.2. The highest BCUT2D eigenvalue weighted by molar-refractivity contribution is 9.10. The number of carbonyl (C=O) groups excluding carboxylic acids is 1. The summed E-state index contributed by atoms with van der Waals surface area (Å²) >= 11 is 3.47. The van der Waals surface area contributed by atoms with Gasteiger partial charge in [-0.05, 0) is 48.4 Å². The summed E-state index contributed by atoms with van der Waals surface area (Å²) in [7, 11) is 0. The molecule has 1 saturated carbocycles. The summed E-state index contributed by atoms with van der Waals surface area (Å²) in [4.78, 5) is 11.7. The van der Waals surface area contributed by atoms with Crippen molar-refractivity contribution in [1.29, 1.82) is 0 Å². The van der Waals surface area contributed by atoms with Gasteiger partial charge in [-0.1, -0.05) is 35.0 Å². The molecule has 20 heavy (non-hydrogen) atoms. The molecule has 2 nitrogen and oxygen atoms in total. The Balaban J connectivity index is 1.85. The van der Waals surface area contributed by atoms with E-state index in [1.807, 2.05) is 32.0 Å². The van der Waals surface area contributed by atoms with Gasteiger partial charge in [0.25, 0.3) is 0 Å². The normalized spacial score (nSPS) is 25.6. The van der Waals surface area contributed by atoms with Gasteiger partial charge in [0.05, 0.1) is 5.41 Å². The van der Waals surface area contributed by atoms with Crippen LogP contribution in [0, 0.1) is 5.41 Å². The smallest absolute Gasteiger partial charge is 0.146 e. The van der Waals surface area contributed by atoms with Crippen molar-refractivity contribution in [3.8, 4) is 5.75 Å². The van der Waals surface area contributed by atoms with Crippen LogP contribution in [0.2, 0.25) is 0 Å². The molecule has 1 aliphatic rings. The van der Waals surface area contributed by atoms with Crippen LogP contribution in [-0.2, 0) is 4.79 Å². The number of ether oxygens (including phenoxy) is 1. The maximum Gasteiger partial charge on any atom is 0.146 e. The standard InChI is InChI=1S/C17H17BrO2/c1-3-17(2)15(19)10-16(17)20-14-7-5-11-8-13(18)6-4-12(11)9-14/h4-9,16H,3,10H2,1-2H3. The number of halogens is 1. The molecule has 3 heteroatoms. The van der Waals surface area contributed by atoms with E-state index in [9.17, 15) is 4.79 Å². The lowest BCUT2D eigenvalue weighted by Crippen LogP contribution is -2.54. The second-order valence-corrected chi connectivity index (χ2v) is 6.57. The number of fused-ring (bicyclic) bond motifs is 1. The summed E-state index contributed by atoms with van der Waals surface area (Å²) in [6.45, 7) is 4.05. The highest BCUT2D eigenvalue weighted by atomic mass is 79.9. The summed E-state index contributed by atoms with van der Waals surface area (Å²) in [5.74, 6) is 1.16.